The molecule has 0 aliphatic rings. The average Bonchev–Trinajstić information content (AvgIpc) is 3.37. The molecule has 0 fully saturated rings. The minimum atomic E-state index is -4.70. The third-order valence-electron chi connectivity index (χ3n) is 14.5. The van der Waals surface area contributed by atoms with E-state index in [4.69, 9.17) is 13.8 Å². The van der Waals surface area contributed by atoms with Gasteiger partial charge in [0, 0.05) is 12.8 Å². The molecule has 0 saturated heterocycles. The largest absolute Gasteiger partial charge is 0.756 e. The van der Waals surface area contributed by atoms with Gasteiger partial charge in [-0.3, -0.25) is 14.2 Å². The van der Waals surface area contributed by atoms with Crippen LogP contribution < -0.4 is 10.2 Å². The first-order valence-corrected chi connectivity index (χ1v) is 33.8. The van der Waals surface area contributed by atoms with Crippen LogP contribution in [-0.2, 0) is 27.9 Å². The van der Waals surface area contributed by atoms with Crippen molar-refractivity contribution < 1.29 is 37.3 Å². The van der Waals surface area contributed by atoms with Crippen LogP contribution in [-0.4, -0.2) is 69.4 Å². The topological polar surface area (TPSA) is 114 Å². The number of quaternary nitrogens is 1. The van der Waals surface area contributed by atoms with Crippen molar-refractivity contribution in [1.82, 2.24) is 5.32 Å². The van der Waals surface area contributed by atoms with E-state index in [0.29, 0.717) is 17.4 Å². The molecule has 0 aromatic carbocycles. The molecule has 0 aromatic rings. The number of nitrogens with zero attached hydrogens (tertiary/aromatic N) is 1. The number of amides is 1. The number of carbonyl (C=O) groups is 2. The van der Waals surface area contributed by atoms with Gasteiger partial charge >= 0.3 is 5.97 Å². The van der Waals surface area contributed by atoms with E-state index >= 15 is 0 Å². The third kappa shape index (κ3) is 56.8. The molecular formula is C65H125N2O7P. The molecule has 0 aliphatic carbocycles. The fraction of sp³-hybridized carbons (Fsp3) is 0.877. The maximum Gasteiger partial charge on any atom is 0.306 e. The first kappa shape index (κ1) is 73.2. The van der Waals surface area contributed by atoms with E-state index < -0.39 is 20.0 Å². The quantitative estimate of drug-likeness (QED) is 0.0212. The van der Waals surface area contributed by atoms with Gasteiger partial charge < -0.3 is 28.5 Å². The van der Waals surface area contributed by atoms with Crippen molar-refractivity contribution in [3.8, 4) is 0 Å². The minimum absolute atomic E-state index is 0.0213. The number of carbonyl (C=O) groups excluding carboxylic acids is 2. The van der Waals surface area contributed by atoms with Crippen molar-refractivity contribution in [1.29, 1.82) is 0 Å². The van der Waals surface area contributed by atoms with Crippen LogP contribution in [0, 0.1) is 0 Å². The summed E-state index contributed by atoms with van der Waals surface area (Å²) in [5.74, 6) is -0.534. The first-order chi connectivity index (χ1) is 36.4. The Hall–Kier alpha value is -1.77. The summed E-state index contributed by atoms with van der Waals surface area (Å²) in [5.41, 5.74) is 0. The van der Waals surface area contributed by atoms with E-state index in [1.54, 1.807) is 0 Å². The SMILES string of the molecule is CCCCCC/C=C\CCCCCCCCCC(=O)NC(COP(=O)([O-])OCC[N+](C)(C)C)C(/C=C\CCCCCCCCCCCCC)OC(=O)CCCCCCCCCCCCC/C=C/CCCCCCCC. The standard InChI is InChI=1S/C65H125N2O7P/c1-7-10-13-16-19-22-25-28-30-31-32-33-34-35-37-40-43-46-49-52-55-58-65(69)74-63(56-53-50-47-44-41-38-27-24-21-18-15-12-9-3)62(61-73-75(70,71)72-60-59-67(4,5)6)66-64(68)57-54-51-48-45-42-39-36-29-26-23-20-17-14-11-8-2/h23,26,28,30,53,56,62-63H,7-22,24-25,27,29,31-52,54-55,57-61H2,1-6H3,(H-,66,68,70,71)/b26-23-,30-28+,56-53-. The third-order valence-corrected chi connectivity index (χ3v) is 15.5. The van der Waals surface area contributed by atoms with Crippen molar-refractivity contribution in [2.24, 2.45) is 0 Å². The molecule has 0 spiro atoms. The molecule has 0 aromatic heterocycles. The normalized spacial score (nSPS) is 13.9. The summed E-state index contributed by atoms with van der Waals surface area (Å²) >= 11 is 0. The molecular weight excluding hydrogens is 952 g/mol. The Kier molecular flexibility index (Phi) is 54.2. The second kappa shape index (κ2) is 55.5. The van der Waals surface area contributed by atoms with Crippen LogP contribution in [0.2, 0.25) is 0 Å². The van der Waals surface area contributed by atoms with Crippen molar-refractivity contribution in [3.05, 3.63) is 36.5 Å². The van der Waals surface area contributed by atoms with Crippen LogP contribution in [0.4, 0.5) is 0 Å². The van der Waals surface area contributed by atoms with E-state index in [1.165, 1.54) is 212 Å². The Balaban J connectivity index is 5.20. The lowest BCUT2D eigenvalue weighted by atomic mass is 10.0. The van der Waals surface area contributed by atoms with Gasteiger partial charge in [-0.15, -0.1) is 0 Å². The number of ether oxygens (including phenoxy) is 1. The maximum absolute atomic E-state index is 13.5. The fourth-order valence-corrected chi connectivity index (χ4v) is 10.2. The second-order valence-electron chi connectivity index (χ2n) is 23.3. The predicted molar refractivity (Wildman–Crippen MR) is 321 cm³/mol. The van der Waals surface area contributed by atoms with Gasteiger partial charge in [-0.25, -0.2) is 0 Å². The Morgan fingerprint density at radius 2 is 0.773 bits per heavy atom. The van der Waals surface area contributed by atoms with Crippen molar-refractivity contribution >= 4 is 19.7 Å². The highest BCUT2D eigenvalue weighted by atomic mass is 31.2. The monoisotopic (exact) mass is 1080 g/mol. The number of unbranched alkanes of at least 4 members (excludes halogenated alkanes) is 39. The van der Waals surface area contributed by atoms with E-state index in [1.807, 2.05) is 33.3 Å². The lowest BCUT2D eigenvalue weighted by Gasteiger charge is -2.30. The van der Waals surface area contributed by atoms with Gasteiger partial charge in [0.05, 0.1) is 33.8 Å². The lowest BCUT2D eigenvalue weighted by Crippen LogP contribution is -2.47. The fourth-order valence-electron chi connectivity index (χ4n) is 9.51. The smallest absolute Gasteiger partial charge is 0.306 e. The van der Waals surface area contributed by atoms with E-state index in [2.05, 4.69) is 50.4 Å². The molecule has 0 rings (SSSR count). The molecule has 0 radical (unpaired) electrons. The number of phosphoric ester groups is 1. The van der Waals surface area contributed by atoms with Crippen LogP contribution in [0.25, 0.3) is 0 Å². The van der Waals surface area contributed by atoms with E-state index in [-0.39, 0.29) is 31.5 Å². The highest BCUT2D eigenvalue weighted by molar-refractivity contribution is 7.45. The van der Waals surface area contributed by atoms with Gasteiger partial charge in [0.2, 0.25) is 5.91 Å². The van der Waals surface area contributed by atoms with Gasteiger partial charge in [0.1, 0.15) is 19.3 Å². The number of esters is 1. The van der Waals surface area contributed by atoms with Crippen LogP contribution in [0.5, 0.6) is 0 Å². The zero-order valence-electron chi connectivity index (χ0n) is 50.5. The zero-order valence-corrected chi connectivity index (χ0v) is 51.4. The first-order valence-electron chi connectivity index (χ1n) is 32.3. The van der Waals surface area contributed by atoms with E-state index in [9.17, 15) is 19.0 Å². The average molecular weight is 1080 g/mol. The molecule has 3 atom stereocenters. The Morgan fingerprint density at radius 3 is 1.15 bits per heavy atom. The summed E-state index contributed by atoms with van der Waals surface area (Å²) in [5, 5.41) is 3.03. The number of hydrogen-bond donors (Lipinski definition) is 1. The summed E-state index contributed by atoms with van der Waals surface area (Å²) < 4.78 is 30.4. The van der Waals surface area contributed by atoms with E-state index in [0.717, 1.165) is 70.6 Å². The van der Waals surface area contributed by atoms with Crippen molar-refractivity contribution in [2.45, 2.75) is 328 Å². The number of likely N-dealkylation sites (N-methyl/N-ethyl adjacent to an activating group) is 1. The number of allylic oxidation sites excluding steroid dienone is 5. The van der Waals surface area contributed by atoms with Gasteiger partial charge in [0.15, 0.2) is 0 Å². The van der Waals surface area contributed by atoms with Crippen molar-refractivity contribution in [2.75, 3.05) is 40.9 Å². The molecule has 0 saturated carbocycles. The highest BCUT2D eigenvalue weighted by Gasteiger charge is 2.27. The highest BCUT2D eigenvalue weighted by Crippen LogP contribution is 2.38. The predicted octanol–water partition coefficient (Wildman–Crippen LogP) is 19.3. The maximum atomic E-state index is 13.5. The molecule has 1 amide bonds. The molecule has 0 heterocycles. The van der Waals surface area contributed by atoms with Crippen LogP contribution >= 0.6 is 7.82 Å². The Labute approximate surface area is 466 Å². The summed E-state index contributed by atoms with van der Waals surface area (Å²) in [7, 11) is 1.19. The molecule has 3 unspecified atom stereocenters. The van der Waals surface area contributed by atoms with Gasteiger partial charge in [-0.1, -0.05) is 257 Å². The van der Waals surface area contributed by atoms with Crippen LogP contribution in [0.1, 0.15) is 316 Å². The molecule has 442 valence electrons. The molecule has 10 heteroatoms. The number of hydrogen-bond acceptors (Lipinski definition) is 7. The Morgan fingerprint density at radius 1 is 0.453 bits per heavy atom. The summed E-state index contributed by atoms with van der Waals surface area (Å²) in [6.45, 7) is 6.86. The van der Waals surface area contributed by atoms with Crippen LogP contribution in [0.3, 0.4) is 0 Å². The number of phosphoric acid groups is 1. The van der Waals surface area contributed by atoms with Gasteiger partial charge in [-0.2, -0.15) is 0 Å². The Bertz CT molecular complexity index is 1380. The molecule has 0 aliphatic heterocycles. The second-order valence-corrected chi connectivity index (χ2v) is 24.7. The number of rotatable bonds is 59. The lowest BCUT2D eigenvalue weighted by molar-refractivity contribution is -0.870. The molecule has 75 heavy (non-hydrogen) atoms. The van der Waals surface area contributed by atoms with Gasteiger partial charge in [0.25, 0.3) is 7.82 Å². The summed E-state index contributed by atoms with van der Waals surface area (Å²) in [4.78, 5) is 40.0. The molecule has 1 N–H and O–H groups in total. The number of nitrogens with one attached hydrogen (secondary N) is 1. The summed E-state index contributed by atoms with van der Waals surface area (Å²) in [6.07, 6.45) is 66.8. The minimum Gasteiger partial charge on any atom is -0.756 e. The van der Waals surface area contributed by atoms with Crippen molar-refractivity contribution in [3.63, 3.8) is 0 Å². The summed E-state index contributed by atoms with van der Waals surface area (Å²) in [6, 6.07) is -0.888. The van der Waals surface area contributed by atoms with Crippen LogP contribution in [0.15, 0.2) is 36.5 Å². The molecule has 0 bridgehead atoms. The molecule has 9 nitrogen and oxygen atoms in total. The zero-order chi connectivity index (χ0) is 55.0. The van der Waals surface area contributed by atoms with Gasteiger partial charge in [-0.05, 0) is 83.1 Å².